The van der Waals surface area contributed by atoms with Gasteiger partial charge >= 0.3 is 5.97 Å². The minimum absolute atomic E-state index is 0.0919. The van der Waals surface area contributed by atoms with E-state index in [1.807, 2.05) is 0 Å². The average molecular weight is 356 g/mol. The molecule has 2 aromatic carbocycles. The summed E-state index contributed by atoms with van der Waals surface area (Å²) >= 11 is 2.93. The maximum absolute atomic E-state index is 14.0. The van der Waals surface area contributed by atoms with Gasteiger partial charge in [0.1, 0.15) is 5.82 Å². The Morgan fingerprint density at radius 3 is 2.67 bits per heavy atom. The van der Waals surface area contributed by atoms with Gasteiger partial charge in [0.05, 0.1) is 15.7 Å². The Labute approximate surface area is 128 Å². The van der Waals surface area contributed by atoms with Crippen LogP contribution < -0.4 is 5.32 Å². The largest absolute Gasteiger partial charge is 0.478 e. The fourth-order valence-electron chi connectivity index (χ4n) is 1.89. The molecular weight excluding hydrogens is 344 g/mol. The number of anilines is 1. The second kappa shape index (κ2) is 6.67. The third-order valence-corrected chi connectivity index (χ3v) is 3.71. The molecule has 2 rings (SSSR count). The van der Waals surface area contributed by atoms with Crippen LogP contribution >= 0.6 is 15.9 Å². The predicted octanol–water partition coefficient (Wildman–Crippen LogP) is 4.08. The first-order valence-electron chi connectivity index (χ1n) is 6.18. The van der Waals surface area contributed by atoms with Crippen molar-refractivity contribution in [1.29, 1.82) is 0 Å². The summed E-state index contributed by atoms with van der Waals surface area (Å²) in [6.45, 7) is 0.402. The molecule has 0 atom stereocenters. The van der Waals surface area contributed by atoms with Gasteiger partial charge < -0.3 is 10.4 Å². The van der Waals surface area contributed by atoms with Crippen molar-refractivity contribution in [2.75, 3.05) is 11.9 Å². The van der Waals surface area contributed by atoms with Gasteiger partial charge in [-0.1, -0.05) is 12.1 Å². The summed E-state index contributed by atoms with van der Waals surface area (Å²) in [5.74, 6) is -2.17. The standard InChI is InChI=1S/C15H12BrF2NO2/c16-13-11(15(20)21)4-5-12(14(13)18)19-7-6-9-2-1-3-10(17)8-9/h1-5,8,19H,6-7H2,(H,20,21). The SMILES string of the molecule is O=C(O)c1ccc(NCCc2cccc(F)c2)c(F)c1Br. The van der Waals surface area contributed by atoms with Crippen LogP contribution in [0.5, 0.6) is 0 Å². The topological polar surface area (TPSA) is 49.3 Å². The van der Waals surface area contributed by atoms with E-state index in [-0.39, 0.29) is 21.5 Å². The lowest BCUT2D eigenvalue weighted by molar-refractivity contribution is 0.0695. The first-order valence-corrected chi connectivity index (χ1v) is 6.98. The van der Waals surface area contributed by atoms with Crippen LogP contribution in [0.25, 0.3) is 0 Å². The molecule has 0 amide bonds. The van der Waals surface area contributed by atoms with Gasteiger partial charge in [0.2, 0.25) is 0 Å². The van der Waals surface area contributed by atoms with Gasteiger partial charge in [0.15, 0.2) is 5.82 Å². The minimum Gasteiger partial charge on any atom is -0.478 e. The smallest absolute Gasteiger partial charge is 0.336 e. The number of rotatable bonds is 5. The van der Waals surface area contributed by atoms with E-state index in [1.165, 1.54) is 24.3 Å². The van der Waals surface area contributed by atoms with Crippen molar-refractivity contribution in [2.24, 2.45) is 0 Å². The number of carboxylic acids is 1. The third-order valence-electron chi connectivity index (χ3n) is 2.93. The van der Waals surface area contributed by atoms with Gasteiger partial charge in [-0.3, -0.25) is 0 Å². The van der Waals surface area contributed by atoms with Crippen molar-refractivity contribution in [1.82, 2.24) is 0 Å². The molecule has 6 heteroatoms. The monoisotopic (exact) mass is 355 g/mol. The Morgan fingerprint density at radius 2 is 2.00 bits per heavy atom. The van der Waals surface area contributed by atoms with Crippen LogP contribution in [-0.4, -0.2) is 17.6 Å². The molecule has 0 saturated heterocycles. The van der Waals surface area contributed by atoms with Crippen molar-refractivity contribution in [2.45, 2.75) is 6.42 Å². The summed E-state index contributed by atoms with van der Waals surface area (Å²) < 4.78 is 26.9. The van der Waals surface area contributed by atoms with Crippen LogP contribution in [0, 0.1) is 11.6 Å². The third kappa shape index (κ3) is 3.78. The van der Waals surface area contributed by atoms with Gasteiger partial charge in [0, 0.05) is 6.54 Å². The Morgan fingerprint density at radius 1 is 1.24 bits per heavy atom. The van der Waals surface area contributed by atoms with E-state index < -0.39 is 11.8 Å². The van der Waals surface area contributed by atoms with Gasteiger partial charge in [-0.2, -0.15) is 0 Å². The zero-order chi connectivity index (χ0) is 15.4. The molecule has 0 fully saturated rings. The Kier molecular flexibility index (Phi) is 4.90. The molecule has 3 nitrogen and oxygen atoms in total. The first kappa shape index (κ1) is 15.4. The highest BCUT2D eigenvalue weighted by Gasteiger charge is 2.15. The number of hydrogen-bond donors (Lipinski definition) is 2. The summed E-state index contributed by atoms with van der Waals surface area (Å²) in [4.78, 5) is 10.9. The Balaban J connectivity index is 2.04. The van der Waals surface area contributed by atoms with Crippen molar-refractivity contribution in [3.05, 3.63) is 63.6 Å². The number of carboxylic acid groups (broad SMARTS) is 1. The van der Waals surface area contributed by atoms with E-state index in [9.17, 15) is 13.6 Å². The molecule has 0 saturated carbocycles. The van der Waals surface area contributed by atoms with Crippen LogP contribution in [-0.2, 0) is 6.42 Å². The lowest BCUT2D eigenvalue weighted by Crippen LogP contribution is -2.08. The fourth-order valence-corrected chi connectivity index (χ4v) is 2.40. The second-order valence-corrected chi connectivity index (χ2v) is 5.19. The van der Waals surface area contributed by atoms with Gasteiger partial charge in [-0.15, -0.1) is 0 Å². The number of nitrogens with one attached hydrogen (secondary N) is 1. The predicted molar refractivity (Wildman–Crippen MR) is 79.7 cm³/mol. The number of carbonyl (C=O) groups is 1. The highest BCUT2D eigenvalue weighted by Crippen LogP contribution is 2.27. The quantitative estimate of drug-likeness (QED) is 0.849. The number of hydrogen-bond acceptors (Lipinski definition) is 2. The first-order chi connectivity index (χ1) is 9.99. The Bertz CT molecular complexity index is 677. The van der Waals surface area contributed by atoms with Crippen LogP contribution in [0.3, 0.4) is 0 Å². The maximum Gasteiger partial charge on any atom is 0.336 e. The van der Waals surface area contributed by atoms with Crippen molar-refractivity contribution in [3.8, 4) is 0 Å². The van der Waals surface area contributed by atoms with Crippen LogP contribution in [0.15, 0.2) is 40.9 Å². The molecular formula is C15H12BrF2NO2. The summed E-state index contributed by atoms with van der Waals surface area (Å²) in [5.41, 5.74) is 0.857. The maximum atomic E-state index is 14.0. The molecule has 21 heavy (non-hydrogen) atoms. The van der Waals surface area contributed by atoms with Crippen molar-refractivity contribution >= 4 is 27.6 Å². The molecule has 0 heterocycles. The molecule has 0 bridgehead atoms. The molecule has 0 aliphatic carbocycles. The van der Waals surface area contributed by atoms with Gasteiger partial charge in [0.25, 0.3) is 0 Å². The summed E-state index contributed by atoms with van der Waals surface area (Å²) in [6, 6.07) is 8.86. The fraction of sp³-hybridized carbons (Fsp3) is 0.133. The highest BCUT2D eigenvalue weighted by atomic mass is 79.9. The Hall–Kier alpha value is -1.95. The lowest BCUT2D eigenvalue weighted by atomic mass is 10.1. The molecule has 0 radical (unpaired) electrons. The molecule has 0 spiro atoms. The van der Waals surface area contributed by atoms with E-state index in [0.29, 0.717) is 13.0 Å². The summed E-state index contributed by atoms with van der Waals surface area (Å²) in [6.07, 6.45) is 0.523. The van der Waals surface area contributed by atoms with E-state index in [1.54, 1.807) is 12.1 Å². The molecule has 0 aromatic heterocycles. The van der Waals surface area contributed by atoms with Crippen LogP contribution in [0.4, 0.5) is 14.5 Å². The number of aromatic carboxylic acids is 1. The van der Waals surface area contributed by atoms with Crippen LogP contribution in [0.2, 0.25) is 0 Å². The molecule has 0 aliphatic heterocycles. The molecule has 110 valence electrons. The van der Waals surface area contributed by atoms with E-state index in [2.05, 4.69) is 21.2 Å². The molecule has 2 N–H and O–H groups in total. The highest BCUT2D eigenvalue weighted by molar-refractivity contribution is 9.10. The summed E-state index contributed by atoms with van der Waals surface area (Å²) in [5, 5.41) is 11.7. The van der Waals surface area contributed by atoms with Gasteiger partial charge in [-0.05, 0) is 52.2 Å². The average Bonchev–Trinajstić information content (AvgIpc) is 2.43. The zero-order valence-electron chi connectivity index (χ0n) is 10.9. The summed E-state index contributed by atoms with van der Waals surface area (Å²) in [7, 11) is 0. The van der Waals surface area contributed by atoms with Crippen molar-refractivity contribution in [3.63, 3.8) is 0 Å². The van der Waals surface area contributed by atoms with Crippen molar-refractivity contribution < 1.29 is 18.7 Å². The van der Waals surface area contributed by atoms with E-state index >= 15 is 0 Å². The van der Waals surface area contributed by atoms with Gasteiger partial charge in [-0.25, -0.2) is 13.6 Å². The van der Waals surface area contributed by atoms with Crippen LogP contribution in [0.1, 0.15) is 15.9 Å². The minimum atomic E-state index is -1.20. The number of benzene rings is 2. The number of halogens is 3. The van der Waals surface area contributed by atoms with E-state index in [4.69, 9.17) is 5.11 Å². The second-order valence-electron chi connectivity index (χ2n) is 4.40. The lowest BCUT2D eigenvalue weighted by Gasteiger charge is -2.10. The normalized spacial score (nSPS) is 10.4. The zero-order valence-corrected chi connectivity index (χ0v) is 12.5. The van der Waals surface area contributed by atoms with E-state index in [0.717, 1.165) is 5.56 Å². The molecule has 2 aromatic rings. The molecule has 0 unspecified atom stereocenters. The molecule has 0 aliphatic rings.